The Labute approximate surface area is 95.2 Å². The molecule has 2 radical (unpaired) electrons. The molecule has 5 atom stereocenters. The van der Waals surface area contributed by atoms with Gasteiger partial charge in [-0.1, -0.05) is 0 Å². The Hall–Kier alpha value is 0.0949. The van der Waals surface area contributed by atoms with Crippen molar-refractivity contribution >= 4 is 15.7 Å². The first-order valence-electron chi connectivity index (χ1n) is 5.11. The largest absolute Gasteiger partial charge is 0.472 e. The number of hydrogen-bond acceptors (Lipinski definition) is 5. The van der Waals surface area contributed by atoms with Crippen LogP contribution < -0.4 is 0 Å². The van der Waals surface area contributed by atoms with Gasteiger partial charge in [-0.2, -0.15) is 0 Å². The van der Waals surface area contributed by atoms with Gasteiger partial charge in [0.05, 0.1) is 12.7 Å². The van der Waals surface area contributed by atoms with E-state index in [0.717, 1.165) is 0 Å². The summed E-state index contributed by atoms with van der Waals surface area (Å²) in [5.41, 5.74) is 0. The summed E-state index contributed by atoms with van der Waals surface area (Å²) in [6.45, 7) is 3.65. The number of phosphoric ester groups is 1. The van der Waals surface area contributed by atoms with Gasteiger partial charge in [0.15, 0.2) is 0 Å². The number of hydrogen-bond donors (Lipinski definition) is 1. The van der Waals surface area contributed by atoms with Crippen LogP contribution in [0.1, 0.15) is 13.8 Å². The first kappa shape index (κ1) is 12.5. The lowest BCUT2D eigenvalue weighted by Gasteiger charge is -2.23. The van der Waals surface area contributed by atoms with Gasteiger partial charge in [0.25, 0.3) is 0 Å². The average molecular weight is 248 g/mol. The predicted molar refractivity (Wildman–Crippen MR) is 55.1 cm³/mol. The highest BCUT2D eigenvalue weighted by Crippen LogP contribution is 2.50. The van der Waals surface area contributed by atoms with Crippen LogP contribution in [0.3, 0.4) is 0 Å². The lowest BCUT2D eigenvalue weighted by atomic mass is 9.93. The number of ether oxygens (including phenoxy) is 2. The van der Waals surface area contributed by atoms with E-state index in [1.54, 1.807) is 0 Å². The number of phosphoric acid groups is 1. The van der Waals surface area contributed by atoms with Crippen molar-refractivity contribution in [2.24, 2.45) is 0 Å². The molecule has 0 aromatic carbocycles. The molecule has 2 aliphatic rings. The minimum atomic E-state index is -4.03. The van der Waals surface area contributed by atoms with E-state index in [2.05, 4.69) is 0 Å². The molecule has 2 bridgehead atoms. The zero-order valence-electron chi connectivity index (χ0n) is 9.11. The zero-order valence-corrected chi connectivity index (χ0v) is 10.0. The molecule has 16 heavy (non-hydrogen) atoms. The topological polar surface area (TPSA) is 74.2 Å². The second-order valence-electron chi connectivity index (χ2n) is 4.12. The summed E-state index contributed by atoms with van der Waals surface area (Å²) in [7, 11) is 1.63. The fourth-order valence-electron chi connectivity index (χ4n) is 1.84. The van der Waals surface area contributed by atoms with Crippen molar-refractivity contribution in [2.45, 2.75) is 44.3 Å². The van der Waals surface area contributed by atoms with Crippen molar-refractivity contribution in [3.63, 3.8) is 0 Å². The van der Waals surface area contributed by atoms with Crippen LogP contribution in [0.5, 0.6) is 0 Å². The molecular weight excluding hydrogens is 234 g/mol. The fraction of sp³-hybridized carbons (Fsp3) is 1.00. The van der Waals surface area contributed by atoms with Gasteiger partial charge < -0.3 is 14.4 Å². The van der Waals surface area contributed by atoms with Crippen LogP contribution in [0.25, 0.3) is 0 Å². The van der Waals surface area contributed by atoms with Crippen LogP contribution >= 0.6 is 7.82 Å². The number of fused-ring (bicyclic) bond motifs is 2. The van der Waals surface area contributed by atoms with E-state index in [1.807, 2.05) is 13.8 Å². The zero-order chi connectivity index (χ0) is 11.9. The molecule has 2 aliphatic heterocycles. The third-order valence-electron chi connectivity index (χ3n) is 2.43. The number of rotatable bonds is 2. The molecule has 8 heteroatoms. The molecular formula is C8H14BO6P. The highest BCUT2D eigenvalue weighted by Gasteiger charge is 2.50. The maximum Gasteiger partial charge on any atom is 0.472 e. The summed E-state index contributed by atoms with van der Waals surface area (Å²) < 4.78 is 31.9. The maximum atomic E-state index is 11.4. The molecule has 0 aliphatic carbocycles. The van der Waals surface area contributed by atoms with Gasteiger partial charge in [-0.15, -0.1) is 0 Å². The molecule has 1 N–H and O–H groups in total. The first-order valence-corrected chi connectivity index (χ1v) is 6.61. The van der Waals surface area contributed by atoms with Crippen molar-refractivity contribution in [3.05, 3.63) is 0 Å². The SMILES string of the molecule is [B][C@@H]1O[C@@H]2COP(=O)(O)O[C@H]1C2OC(C)C. The third kappa shape index (κ3) is 2.50. The maximum absolute atomic E-state index is 11.4. The van der Waals surface area contributed by atoms with Gasteiger partial charge in [-0.05, 0) is 13.8 Å². The minimum absolute atomic E-state index is 0.0521. The summed E-state index contributed by atoms with van der Waals surface area (Å²) in [6, 6.07) is -0.766. The molecule has 2 saturated heterocycles. The van der Waals surface area contributed by atoms with Crippen molar-refractivity contribution in [1.29, 1.82) is 0 Å². The molecule has 0 spiro atoms. The Balaban J connectivity index is 2.17. The monoisotopic (exact) mass is 248 g/mol. The molecule has 0 aromatic heterocycles. The van der Waals surface area contributed by atoms with Crippen LogP contribution in [0.2, 0.25) is 0 Å². The highest BCUT2D eigenvalue weighted by molar-refractivity contribution is 7.47. The molecule has 2 rings (SSSR count). The van der Waals surface area contributed by atoms with E-state index < -0.39 is 32.1 Å². The predicted octanol–water partition coefficient (Wildman–Crippen LogP) is 0.189. The van der Waals surface area contributed by atoms with Crippen LogP contribution in [-0.2, 0) is 23.1 Å². The molecule has 0 amide bonds. The van der Waals surface area contributed by atoms with Crippen molar-refractivity contribution in [3.8, 4) is 0 Å². The van der Waals surface area contributed by atoms with Gasteiger partial charge in [0, 0.05) is 6.00 Å². The fourth-order valence-corrected chi connectivity index (χ4v) is 2.78. The molecule has 2 unspecified atom stereocenters. The van der Waals surface area contributed by atoms with Crippen LogP contribution in [0.15, 0.2) is 0 Å². The van der Waals surface area contributed by atoms with Crippen molar-refractivity contribution in [2.75, 3.05) is 6.61 Å². The van der Waals surface area contributed by atoms with Gasteiger partial charge in [-0.25, -0.2) is 4.57 Å². The molecule has 6 nitrogen and oxygen atoms in total. The van der Waals surface area contributed by atoms with Gasteiger partial charge >= 0.3 is 7.82 Å². The van der Waals surface area contributed by atoms with Gasteiger partial charge in [0.1, 0.15) is 26.2 Å². The lowest BCUT2D eigenvalue weighted by molar-refractivity contribution is -0.0596. The van der Waals surface area contributed by atoms with Crippen molar-refractivity contribution in [1.82, 2.24) is 0 Å². The second kappa shape index (κ2) is 4.40. The van der Waals surface area contributed by atoms with E-state index >= 15 is 0 Å². The lowest BCUT2D eigenvalue weighted by Crippen LogP contribution is -2.38. The normalized spacial score (nSPS) is 48.2. The minimum Gasteiger partial charge on any atom is -0.377 e. The van der Waals surface area contributed by atoms with E-state index in [1.165, 1.54) is 0 Å². The van der Waals surface area contributed by atoms with E-state index in [9.17, 15) is 9.46 Å². The summed E-state index contributed by atoms with van der Waals surface area (Å²) in [4.78, 5) is 9.29. The van der Waals surface area contributed by atoms with Crippen LogP contribution in [0, 0.1) is 0 Å². The Morgan fingerprint density at radius 3 is 2.88 bits per heavy atom. The molecule has 2 heterocycles. The van der Waals surface area contributed by atoms with Gasteiger partial charge in [-0.3, -0.25) is 9.05 Å². The van der Waals surface area contributed by atoms with E-state index in [0.29, 0.717) is 0 Å². The summed E-state index contributed by atoms with van der Waals surface area (Å²) >= 11 is 0. The van der Waals surface area contributed by atoms with Crippen LogP contribution in [-0.4, -0.2) is 49.8 Å². The summed E-state index contributed by atoms with van der Waals surface area (Å²) in [5.74, 6) is 0. The molecule has 2 fully saturated rings. The average Bonchev–Trinajstić information content (AvgIpc) is 2.34. The molecule has 90 valence electrons. The molecule has 0 saturated carbocycles. The Bertz CT molecular complexity index is 311. The standard InChI is InChI=1S/C8H14BO6P/c1-4(2)13-6-5-3-12-16(10,11)15-7(6)8(9)14-5/h4-8H,3H2,1-2H3,(H,10,11)/t5-,6?,7+,8-/m1/s1. The summed E-state index contributed by atoms with van der Waals surface area (Å²) in [6.07, 6.45) is -1.77. The van der Waals surface area contributed by atoms with Crippen molar-refractivity contribution < 1.29 is 28.0 Å². The Morgan fingerprint density at radius 2 is 2.25 bits per heavy atom. The molecule has 0 aromatic rings. The Kier molecular flexibility index (Phi) is 3.45. The van der Waals surface area contributed by atoms with E-state index in [4.69, 9.17) is 26.4 Å². The summed E-state index contributed by atoms with van der Waals surface area (Å²) in [5, 5.41) is 0. The smallest absolute Gasteiger partial charge is 0.377 e. The first-order chi connectivity index (χ1) is 7.39. The van der Waals surface area contributed by atoms with Gasteiger partial charge in [0.2, 0.25) is 0 Å². The second-order valence-corrected chi connectivity index (χ2v) is 5.53. The quantitative estimate of drug-likeness (QED) is 0.555. The van der Waals surface area contributed by atoms with Crippen LogP contribution in [0.4, 0.5) is 0 Å². The third-order valence-corrected chi connectivity index (χ3v) is 3.42. The highest BCUT2D eigenvalue weighted by atomic mass is 31.2. The Morgan fingerprint density at radius 1 is 1.56 bits per heavy atom. The van der Waals surface area contributed by atoms with E-state index in [-0.39, 0.29) is 12.7 Å².